The Morgan fingerprint density at radius 1 is 1.56 bits per heavy atom. The Morgan fingerprint density at radius 2 is 2.22 bits per heavy atom. The van der Waals surface area contributed by atoms with Gasteiger partial charge in [-0.05, 0) is 38.8 Å². The average Bonchev–Trinajstić information content (AvgIpc) is 3.12. The second-order valence-corrected chi connectivity index (χ2v) is 5.22. The average molecular weight is 257 g/mol. The summed E-state index contributed by atoms with van der Waals surface area (Å²) in [6.07, 6.45) is 3.17. The van der Waals surface area contributed by atoms with Crippen LogP contribution < -0.4 is 11.1 Å². The number of carbonyl (C=O) groups excluding carboxylic acids is 1. The smallest absolute Gasteiger partial charge is 0.239 e. The molecule has 0 saturated heterocycles. The molecule has 0 radical (unpaired) electrons. The van der Waals surface area contributed by atoms with Gasteiger partial charge in [-0.25, -0.2) is 0 Å². The first kappa shape index (κ1) is 15.4. The van der Waals surface area contributed by atoms with Crippen LogP contribution in [0.4, 0.5) is 0 Å². The number of nitrogens with two attached hydrogens (primary N) is 1. The molecule has 1 fully saturated rings. The maximum Gasteiger partial charge on any atom is 0.239 e. The van der Waals surface area contributed by atoms with E-state index in [4.69, 9.17) is 10.5 Å². The summed E-state index contributed by atoms with van der Waals surface area (Å²) in [6.45, 7) is 5.14. The number of methoxy groups -OCH3 is 1. The van der Waals surface area contributed by atoms with E-state index in [2.05, 4.69) is 10.2 Å². The van der Waals surface area contributed by atoms with Gasteiger partial charge in [0, 0.05) is 26.8 Å². The summed E-state index contributed by atoms with van der Waals surface area (Å²) in [7, 11) is 3.74. The summed E-state index contributed by atoms with van der Waals surface area (Å²) in [5, 5.41) is 3.33. The second-order valence-electron chi connectivity index (χ2n) is 5.22. The highest BCUT2D eigenvalue weighted by molar-refractivity contribution is 5.86. The van der Waals surface area contributed by atoms with Gasteiger partial charge in [0.15, 0.2) is 0 Å². The molecule has 1 saturated carbocycles. The molecule has 0 aromatic rings. The van der Waals surface area contributed by atoms with E-state index in [9.17, 15) is 4.79 Å². The normalized spacial score (nSPS) is 18.9. The molecule has 0 aromatic heterocycles. The monoisotopic (exact) mass is 257 g/mol. The van der Waals surface area contributed by atoms with Crippen LogP contribution in [0, 0.1) is 5.92 Å². The lowest BCUT2D eigenvalue weighted by molar-refractivity contribution is -0.126. The first-order valence-corrected chi connectivity index (χ1v) is 6.79. The minimum Gasteiger partial charge on any atom is -0.385 e. The first-order chi connectivity index (χ1) is 8.56. The lowest BCUT2D eigenvalue weighted by Gasteiger charge is -2.35. The van der Waals surface area contributed by atoms with E-state index in [1.54, 1.807) is 7.11 Å². The zero-order valence-electron chi connectivity index (χ0n) is 11.9. The van der Waals surface area contributed by atoms with E-state index in [0.29, 0.717) is 12.5 Å². The minimum absolute atomic E-state index is 0.217. The fourth-order valence-corrected chi connectivity index (χ4v) is 2.57. The largest absolute Gasteiger partial charge is 0.385 e. The zero-order chi connectivity index (χ0) is 13.6. The molecule has 1 unspecified atom stereocenters. The van der Waals surface area contributed by atoms with Gasteiger partial charge in [-0.15, -0.1) is 0 Å². The van der Waals surface area contributed by atoms with E-state index >= 15 is 0 Å². The number of carbonyl (C=O) groups is 1. The van der Waals surface area contributed by atoms with E-state index in [1.165, 1.54) is 0 Å². The molecular weight excluding hydrogens is 230 g/mol. The Bertz CT molecular complexity index is 269. The van der Waals surface area contributed by atoms with Gasteiger partial charge in [-0.3, -0.25) is 4.79 Å². The van der Waals surface area contributed by atoms with Crippen molar-refractivity contribution in [3.8, 4) is 0 Å². The number of ether oxygens (including phenoxy) is 1. The lowest BCUT2D eigenvalue weighted by Crippen LogP contribution is -2.62. The Labute approximate surface area is 110 Å². The van der Waals surface area contributed by atoms with Crippen LogP contribution in [-0.2, 0) is 9.53 Å². The van der Waals surface area contributed by atoms with Crippen molar-refractivity contribution in [1.29, 1.82) is 0 Å². The SMILES string of the molecule is CCNC(CN(C)CCCOC)(C(N)=O)C1CC1. The van der Waals surface area contributed by atoms with Gasteiger partial charge in [-0.1, -0.05) is 6.92 Å². The summed E-state index contributed by atoms with van der Waals surface area (Å²) in [4.78, 5) is 14.0. The fraction of sp³-hybridized carbons (Fsp3) is 0.923. The van der Waals surface area contributed by atoms with Crippen LogP contribution >= 0.6 is 0 Å². The number of rotatable bonds is 10. The van der Waals surface area contributed by atoms with Gasteiger partial charge in [-0.2, -0.15) is 0 Å². The van der Waals surface area contributed by atoms with Crippen LogP contribution in [0.3, 0.4) is 0 Å². The number of nitrogens with zero attached hydrogens (tertiary/aromatic N) is 1. The van der Waals surface area contributed by atoms with Crippen LogP contribution in [0.25, 0.3) is 0 Å². The predicted molar refractivity (Wildman–Crippen MR) is 72.3 cm³/mol. The van der Waals surface area contributed by atoms with Gasteiger partial charge >= 0.3 is 0 Å². The van der Waals surface area contributed by atoms with Crippen molar-refractivity contribution in [2.75, 3.05) is 40.4 Å². The highest BCUT2D eigenvalue weighted by Gasteiger charge is 2.49. The molecule has 3 N–H and O–H groups in total. The molecule has 0 aliphatic heterocycles. The Balaban J connectivity index is 2.57. The van der Waals surface area contributed by atoms with Gasteiger partial charge < -0.3 is 20.7 Å². The Hall–Kier alpha value is -0.650. The molecule has 18 heavy (non-hydrogen) atoms. The molecule has 1 aliphatic carbocycles. The van der Waals surface area contributed by atoms with Crippen molar-refractivity contribution in [2.24, 2.45) is 11.7 Å². The Morgan fingerprint density at radius 3 is 2.67 bits per heavy atom. The molecule has 1 rings (SSSR count). The van der Waals surface area contributed by atoms with Crippen LogP contribution in [0.5, 0.6) is 0 Å². The Kier molecular flexibility index (Phi) is 6.05. The summed E-state index contributed by atoms with van der Waals surface area (Å²) >= 11 is 0. The van der Waals surface area contributed by atoms with Gasteiger partial charge in [0.1, 0.15) is 5.54 Å². The van der Waals surface area contributed by atoms with Gasteiger partial charge in [0.25, 0.3) is 0 Å². The van der Waals surface area contributed by atoms with Crippen molar-refractivity contribution in [2.45, 2.75) is 31.7 Å². The minimum atomic E-state index is -0.545. The van der Waals surface area contributed by atoms with Crippen molar-refractivity contribution in [3.05, 3.63) is 0 Å². The molecule has 1 aliphatic rings. The standard InChI is InChI=1S/C13H27N3O2/c1-4-15-13(12(14)17,11-6-7-11)10-16(2)8-5-9-18-3/h11,15H,4-10H2,1-3H3,(H2,14,17). The maximum atomic E-state index is 11.9. The quantitative estimate of drug-likeness (QED) is 0.549. The molecular formula is C13H27N3O2. The van der Waals surface area contributed by atoms with E-state index in [0.717, 1.165) is 39.0 Å². The number of likely N-dealkylation sites (N-methyl/N-ethyl adjacent to an activating group) is 2. The predicted octanol–water partition coefficient (Wildman–Crippen LogP) is 0.198. The van der Waals surface area contributed by atoms with E-state index in [-0.39, 0.29) is 5.91 Å². The van der Waals surface area contributed by atoms with Crippen molar-refractivity contribution >= 4 is 5.91 Å². The summed E-state index contributed by atoms with van der Waals surface area (Å²) in [6, 6.07) is 0. The van der Waals surface area contributed by atoms with E-state index < -0.39 is 5.54 Å². The fourth-order valence-electron chi connectivity index (χ4n) is 2.57. The molecule has 5 heteroatoms. The number of primary amides is 1. The third kappa shape index (κ3) is 3.93. The first-order valence-electron chi connectivity index (χ1n) is 6.79. The molecule has 5 nitrogen and oxygen atoms in total. The lowest BCUT2D eigenvalue weighted by atomic mass is 9.91. The topological polar surface area (TPSA) is 67.6 Å². The van der Waals surface area contributed by atoms with Crippen LogP contribution in [0.1, 0.15) is 26.2 Å². The summed E-state index contributed by atoms with van der Waals surface area (Å²) < 4.78 is 5.04. The molecule has 0 spiro atoms. The molecule has 0 aromatic carbocycles. The third-order valence-corrected chi connectivity index (χ3v) is 3.61. The molecule has 1 atom stereocenters. The maximum absolute atomic E-state index is 11.9. The molecule has 1 amide bonds. The van der Waals surface area contributed by atoms with Crippen molar-refractivity contribution in [3.63, 3.8) is 0 Å². The number of hydrogen-bond acceptors (Lipinski definition) is 4. The second kappa shape index (κ2) is 7.07. The van der Waals surface area contributed by atoms with Gasteiger partial charge in [0.05, 0.1) is 0 Å². The van der Waals surface area contributed by atoms with E-state index in [1.807, 2.05) is 14.0 Å². The molecule has 0 bridgehead atoms. The van der Waals surface area contributed by atoms with Crippen molar-refractivity contribution in [1.82, 2.24) is 10.2 Å². The van der Waals surface area contributed by atoms with Crippen molar-refractivity contribution < 1.29 is 9.53 Å². The van der Waals surface area contributed by atoms with Gasteiger partial charge in [0.2, 0.25) is 5.91 Å². The molecule has 0 heterocycles. The highest BCUT2D eigenvalue weighted by atomic mass is 16.5. The number of nitrogens with one attached hydrogen (secondary N) is 1. The van der Waals surface area contributed by atoms with Crippen LogP contribution in [0.15, 0.2) is 0 Å². The number of amides is 1. The highest BCUT2D eigenvalue weighted by Crippen LogP contribution is 2.40. The number of hydrogen-bond donors (Lipinski definition) is 2. The van der Waals surface area contributed by atoms with Crippen LogP contribution in [0.2, 0.25) is 0 Å². The summed E-state index contributed by atoms with van der Waals surface area (Å²) in [5.74, 6) is 0.185. The molecule has 106 valence electrons. The zero-order valence-corrected chi connectivity index (χ0v) is 11.9. The van der Waals surface area contributed by atoms with Crippen LogP contribution in [-0.4, -0.2) is 56.7 Å². The third-order valence-electron chi connectivity index (χ3n) is 3.61. The summed E-state index contributed by atoms with van der Waals surface area (Å²) in [5.41, 5.74) is 5.10.